The molecule has 4 rings (SSSR count). The van der Waals surface area contributed by atoms with Crippen molar-refractivity contribution in [2.24, 2.45) is 17.3 Å². The van der Waals surface area contributed by atoms with Crippen molar-refractivity contribution in [3.8, 4) is 0 Å². The number of esters is 1. The van der Waals surface area contributed by atoms with E-state index in [9.17, 15) is 14.4 Å². The minimum Gasteiger partial charge on any atom is -0.465 e. The fourth-order valence-electron chi connectivity index (χ4n) is 6.36. The van der Waals surface area contributed by atoms with E-state index in [2.05, 4.69) is 40.8 Å². The standard InChI is InChI=1S/C32H51NO5SSi/c1-21-10-12-22(13-11-21)29(35)33(23-14-16-24(17-15-23)38-40(7,8)31(2,3)4)25-20-26(39-27(25)30(36)37-6)28(34)32(5)18-9-19-32/h20-24H,9-19H2,1-8H3/t21-,22-,23-,24-. The third-order valence-electron chi connectivity index (χ3n) is 10.5. The first-order valence-electron chi connectivity index (χ1n) is 15.4. The van der Waals surface area contributed by atoms with Crippen LogP contribution in [0, 0.1) is 17.3 Å². The van der Waals surface area contributed by atoms with E-state index in [-0.39, 0.29) is 40.2 Å². The number of carbonyl (C=O) groups excluding carboxylic acids is 3. The summed E-state index contributed by atoms with van der Waals surface area (Å²) in [5, 5.41) is 0.149. The Morgan fingerprint density at radius 3 is 2.10 bits per heavy atom. The van der Waals surface area contributed by atoms with E-state index in [0.29, 0.717) is 21.4 Å². The zero-order chi connectivity index (χ0) is 29.5. The van der Waals surface area contributed by atoms with E-state index >= 15 is 0 Å². The van der Waals surface area contributed by atoms with Crippen molar-refractivity contribution in [1.29, 1.82) is 0 Å². The van der Waals surface area contributed by atoms with Crippen molar-refractivity contribution in [3.05, 3.63) is 15.8 Å². The predicted octanol–water partition coefficient (Wildman–Crippen LogP) is 8.40. The van der Waals surface area contributed by atoms with Gasteiger partial charge in [0.25, 0.3) is 0 Å². The molecule has 3 aliphatic rings. The second-order valence-electron chi connectivity index (χ2n) is 14.5. The molecule has 0 unspecified atom stereocenters. The summed E-state index contributed by atoms with van der Waals surface area (Å²) in [6, 6.07) is 1.82. The number of methoxy groups -OCH3 is 1. The monoisotopic (exact) mass is 589 g/mol. The molecule has 0 saturated heterocycles. The van der Waals surface area contributed by atoms with Crippen molar-refractivity contribution in [1.82, 2.24) is 0 Å². The maximum Gasteiger partial charge on any atom is 0.350 e. The first kappa shape index (κ1) is 31.4. The molecule has 0 aliphatic heterocycles. The molecule has 3 fully saturated rings. The third-order valence-corrected chi connectivity index (χ3v) is 16.1. The van der Waals surface area contributed by atoms with E-state index in [1.165, 1.54) is 18.4 Å². The summed E-state index contributed by atoms with van der Waals surface area (Å²) in [7, 11) is -0.519. The van der Waals surface area contributed by atoms with Gasteiger partial charge in [0, 0.05) is 23.5 Å². The van der Waals surface area contributed by atoms with Crippen molar-refractivity contribution in [2.75, 3.05) is 12.0 Å². The zero-order valence-corrected chi connectivity index (χ0v) is 27.9. The van der Waals surface area contributed by atoms with E-state index in [0.717, 1.165) is 70.6 Å². The molecule has 0 atom stereocenters. The van der Waals surface area contributed by atoms with Gasteiger partial charge < -0.3 is 14.1 Å². The van der Waals surface area contributed by atoms with Crippen LogP contribution in [0.1, 0.15) is 125 Å². The van der Waals surface area contributed by atoms with Gasteiger partial charge in [-0.1, -0.05) is 41.0 Å². The van der Waals surface area contributed by atoms with E-state index in [1.807, 2.05) is 17.9 Å². The van der Waals surface area contributed by atoms with Crippen molar-refractivity contribution in [3.63, 3.8) is 0 Å². The molecule has 1 heterocycles. The zero-order valence-electron chi connectivity index (χ0n) is 26.1. The minimum atomic E-state index is -1.89. The van der Waals surface area contributed by atoms with Gasteiger partial charge in [-0.2, -0.15) is 0 Å². The molecule has 224 valence electrons. The summed E-state index contributed by atoms with van der Waals surface area (Å²) in [4.78, 5) is 43.8. The number of anilines is 1. The van der Waals surface area contributed by atoms with Crippen LogP contribution in [0.4, 0.5) is 5.69 Å². The Bertz CT molecular complexity index is 1090. The largest absolute Gasteiger partial charge is 0.465 e. The van der Waals surface area contributed by atoms with Gasteiger partial charge in [0.1, 0.15) is 4.88 Å². The molecule has 0 spiro atoms. The Balaban J connectivity index is 1.65. The average molecular weight is 590 g/mol. The fraction of sp³-hybridized carbons (Fsp3) is 0.781. The average Bonchev–Trinajstić information content (AvgIpc) is 3.32. The Morgan fingerprint density at radius 1 is 1.00 bits per heavy atom. The highest BCUT2D eigenvalue weighted by atomic mass is 32.1. The van der Waals surface area contributed by atoms with Crippen LogP contribution in [0.3, 0.4) is 0 Å². The van der Waals surface area contributed by atoms with Gasteiger partial charge in [0.2, 0.25) is 5.91 Å². The van der Waals surface area contributed by atoms with Gasteiger partial charge in [-0.05, 0) is 94.3 Å². The molecule has 1 amide bonds. The first-order valence-corrected chi connectivity index (χ1v) is 19.2. The molecule has 0 aromatic carbocycles. The molecule has 6 nitrogen and oxygen atoms in total. The number of Topliss-reactive ketones (excluding diaryl/α,β-unsaturated/α-hetero) is 1. The SMILES string of the molecule is COC(=O)c1sc(C(=O)C2(C)CCC2)cc1N(C(=O)[C@H]1CC[C@H](C)CC1)[C@H]1CC[C@H](O[Si](C)(C)C(C)(C)C)CC1. The van der Waals surface area contributed by atoms with Gasteiger partial charge in [0.15, 0.2) is 14.1 Å². The number of thiophene rings is 1. The number of hydrogen-bond acceptors (Lipinski definition) is 6. The molecule has 1 aromatic heterocycles. The second kappa shape index (κ2) is 12.0. The van der Waals surface area contributed by atoms with Crippen molar-refractivity contribution >= 4 is 43.0 Å². The van der Waals surface area contributed by atoms with Crippen LogP contribution in [-0.4, -0.2) is 45.2 Å². The summed E-state index contributed by atoms with van der Waals surface area (Å²) in [5.74, 6) is 0.316. The normalized spacial score (nSPS) is 27.0. The molecule has 8 heteroatoms. The maximum atomic E-state index is 14.3. The van der Waals surface area contributed by atoms with E-state index in [1.54, 1.807) is 0 Å². The van der Waals surface area contributed by atoms with Gasteiger partial charge in [-0.3, -0.25) is 9.59 Å². The lowest BCUT2D eigenvalue weighted by atomic mass is 9.67. The molecule has 0 N–H and O–H groups in total. The molecular weight excluding hydrogens is 539 g/mol. The number of nitrogens with zero attached hydrogens (tertiary/aromatic N) is 1. The Kier molecular flexibility index (Phi) is 9.43. The Morgan fingerprint density at radius 2 is 1.60 bits per heavy atom. The van der Waals surface area contributed by atoms with Crippen LogP contribution in [0.15, 0.2) is 6.07 Å². The van der Waals surface area contributed by atoms with E-state index < -0.39 is 14.3 Å². The smallest absolute Gasteiger partial charge is 0.350 e. The topological polar surface area (TPSA) is 72.9 Å². The number of carbonyl (C=O) groups is 3. The summed E-state index contributed by atoms with van der Waals surface area (Å²) >= 11 is 1.21. The van der Waals surface area contributed by atoms with Gasteiger partial charge in [0.05, 0.1) is 17.7 Å². The molecule has 1 aromatic rings. The molecule has 0 bridgehead atoms. The number of hydrogen-bond donors (Lipinski definition) is 0. The third kappa shape index (κ3) is 6.44. The van der Waals surface area contributed by atoms with Gasteiger partial charge in [-0.25, -0.2) is 4.79 Å². The van der Waals surface area contributed by atoms with Gasteiger partial charge >= 0.3 is 5.97 Å². The molecule has 3 aliphatic carbocycles. The highest BCUT2D eigenvalue weighted by Gasteiger charge is 2.44. The highest BCUT2D eigenvalue weighted by Crippen LogP contribution is 2.47. The van der Waals surface area contributed by atoms with Crippen LogP contribution in [0.25, 0.3) is 0 Å². The fourth-order valence-corrected chi connectivity index (χ4v) is 8.94. The maximum absolute atomic E-state index is 14.3. The van der Waals surface area contributed by atoms with Gasteiger partial charge in [-0.15, -0.1) is 11.3 Å². The van der Waals surface area contributed by atoms with Crippen LogP contribution in [0.5, 0.6) is 0 Å². The summed E-state index contributed by atoms with van der Waals surface area (Å²) in [5.41, 5.74) is 0.212. The number of ether oxygens (including phenoxy) is 1. The summed E-state index contributed by atoms with van der Waals surface area (Å²) < 4.78 is 11.9. The van der Waals surface area contributed by atoms with Crippen molar-refractivity contribution < 1.29 is 23.5 Å². The number of ketones is 1. The molecular formula is C32H51NO5SSi. The predicted molar refractivity (Wildman–Crippen MR) is 165 cm³/mol. The van der Waals surface area contributed by atoms with E-state index in [4.69, 9.17) is 9.16 Å². The van der Waals surface area contributed by atoms with Crippen molar-refractivity contribution in [2.45, 2.75) is 136 Å². The minimum absolute atomic E-state index is 0.0219. The highest BCUT2D eigenvalue weighted by molar-refractivity contribution is 7.16. The molecule has 0 radical (unpaired) electrons. The molecule has 40 heavy (non-hydrogen) atoms. The number of rotatable bonds is 8. The number of amides is 1. The Labute approximate surface area is 246 Å². The van der Waals surface area contributed by atoms with Crippen LogP contribution in [-0.2, 0) is 14.0 Å². The second-order valence-corrected chi connectivity index (χ2v) is 20.3. The lowest BCUT2D eigenvalue weighted by Gasteiger charge is -2.43. The quantitative estimate of drug-likeness (QED) is 0.173. The Hall–Kier alpha value is -1.51. The van der Waals surface area contributed by atoms with Crippen LogP contribution >= 0.6 is 11.3 Å². The summed E-state index contributed by atoms with van der Waals surface area (Å²) in [6.07, 6.45) is 10.3. The first-order chi connectivity index (χ1) is 18.7. The lowest BCUT2D eigenvalue weighted by molar-refractivity contribution is -0.124. The van der Waals surface area contributed by atoms with Crippen LogP contribution < -0.4 is 4.90 Å². The summed E-state index contributed by atoms with van der Waals surface area (Å²) in [6.45, 7) is 15.7. The molecule has 3 saturated carbocycles. The lowest BCUT2D eigenvalue weighted by Crippen LogP contribution is -2.49. The van der Waals surface area contributed by atoms with Crippen LogP contribution in [0.2, 0.25) is 18.1 Å².